The van der Waals surface area contributed by atoms with Crippen molar-refractivity contribution in [3.8, 4) is 0 Å². The molecular formula is C11H15N3O2. The zero-order chi connectivity index (χ0) is 11.3. The van der Waals surface area contributed by atoms with E-state index in [0.717, 1.165) is 44.0 Å². The molecule has 2 aliphatic heterocycles. The molecule has 86 valence electrons. The van der Waals surface area contributed by atoms with E-state index in [-0.39, 0.29) is 0 Å². The van der Waals surface area contributed by atoms with Crippen LogP contribution in [-0.4, -0.2) is 32.6 Å². The van der Waals surface area contributed by atoms with Gasteiger partial charge in [0.05, 0.1) is 11.4 Å². The van der Waals surface area contributed by atoms with Crippen LogP contribution in [0.25, 0.3) is 0 Å². The van der Waals surface area contributed by atoms with Crippen molar-refractivity contribution in [2.45, 2.75) is 38.4 Å². The normalized spacial score (nSPS) is 24.2. The summed E-state index contributed by atoms with van der Waals surface area (Å²) in [6.07, 6.45) is 1.66. The van der Waals surface area contributed by atoms with E-state index < -0.39 is 11.9 Å². The average molecular weight is 221 g/mol. The van der Waals surface area contributed by atoms with E-state index in [9.17, 15) is 4.79 Å². The zero-order valence-electron chi connectivity index (χ0n) is 9.31. The molecular weight excluding hydrogens is 206 g/mol. The third-order valence-corrected chi connectivity index (χ3v) is 3.51. The lowest BCUT2D eigenvalue weighted by Crippen LogP contribution is -2.24. The summed E-state index contributed by atoms with van der Waals surface area (Å²) in [6, 6.07) is 0. The minimum absolute atomic E-state index is 0.398. The molecule has 1 unspecified atom stereocenters. The maximum atomic E-state index is 11.1. The van der Waals surface area contributed by atoms with Crippen molar-refractivity contribution in [3.05, 3.63) is 17.2 Å². The third kappa shape index (κ3) is 1.28. The van der Waals surface area contributed by atoms with Crippen LogP contribution in [0.15, 0.2) is 0 Å². The molecule has 0 saturated heterocycles. The van der Waals surface area contributed by atoms with Gasteiger partial charge in [0.2, 0.25) is 0 Å². The Kier molecular flexibility index (Phi) is 2.04. The van der Waals surface area contributed by atoms with Crippen molar-refractivity contribution >= 4 is 5.97 Å². The molecule has 5 nitrogen and oxygen atoms in total. The summed E-state index contributed by atoms with van der Waals surface area (Å²) < 4.78 is 2.13. The number of carboxylic acid groups (broad SMARTS) is 1. The number of aliphatic carboxylic acids is 1. The van der Waals surface area contributed by atoms with Crippen LogP contribution in [0.1, 0.15) is 36.0 Å². The van der Waals surface area contributed by atoms with Gasteiger partial charge in [-0.25, -0.2) is 4.98 Å². The highest BCUT2D eigenvalue weighted by Gasteiger charge is 2.33. The molecule has 0 saturated carbocycles. The van der Waals surface area contributed by atoms with Crippen LogP contribution in [0.2, 0.25) is 0 Å². The molecule has 1 aromatic rings. The van der Waals surface area contributed by atoms with Crippen LogP contribution in [0.4, 0.5) is 0 Å². The summed E-state index contributed by atoms with van der Waals surface area (Å²) in [7, 11) is 2.06. The molecule has 2 aliphatic rings. The van der Waals surface area contributed by atoms with Gasteiger partial charge in [0.1, 0.15) is 11.7 Å². The molecule has 3 heterocycles. The Balaban J connectivity index is 2.05. The first-order valence-electron chi connectivity index (χ1n) is 5.66. The maximum Gasteiger partial charge on any atom is 0.314 e. The smallest absolute Gasteiger partial charge is 0.314 e. The zero-order valence-corrected chi connectivity index (χ0v) is 9.31. The quantitative estimate of drug-likeness (QED) is 0.761. The first-order chi connectivity index (χ1) is 7.66. The molecule has 0 spiro atoms. The molecule has 1 aromatic heterocycles. The molecule has 1 atom stereocenters. The highest BCUT2D eigenvalue weighted by Crippen LogP contribution is 2.32. The first kappa shape index (κ1) is 9.84. The summed E-state index contributed by atoms with van der Waals surface area (Å²) in [5.74, 6) is -0.362. The van der Waals surface area contributed by atoms with Crippen LogP contribution in [0.5, 0.6) is 0 Å². The van der Waals surface area contributed by atoms with Gasteiger partial charge >= 0.3 is 5.97 Å². The molecule has 1 N–H and O–H groups in total. The Bertz CT molecular complexity index is 452. The summed E-state index contributed by atoms with van der Waals surface area (Å²) in [5, 5.41) is 9.16. The molecule has 0 amide bonds. The van der Waals surface area contributed by atoms with Gasteiger partial charge in [-0.15, -0.1) is 0 Å². The van der Waals surface area contributed by atoms with Crippen LogP contribution >= 0.6 is 0 Å². The van der Waals surface area contributed by atoms with Crippen LogP contribution < -0.4 is 0 Å². The summed E-state index contributed by atoms with van der Waals surface area (Å²) >= 11 is 0. The van der Waals surface area contributed by atoms with Gasteiger partial charge in [-0.05, 0) is 19.9 Å². The maximum absolute atomic E-state index is 11.1. The molecule has 0 aromatic carbocycles. The lowest BCUT2D eigenvalue weighted by molar-refractivity contribution is -0.139. The standard InChI is InChI=1S/C11H15N3O2/c1-13-5-8-9(6-13)14-4-2-3-7(11(15)16)10(14)12-8/h7H,2-6H2,1H3,(H,15,16). The number of carboxylic acids is 1. The Morgan fingerprint density at radius 1 is 1.50 bits per heavy atom. The lowest BCUT2D eigenvalue weighted by Gasteiger charge is -2.22. The molecule has 5 heteroatoms. The van der Waals surface area contributed by atoms with Gasteiger partial charge in [0, 0.05) is 19.6 Å². The van der Waals surface area contributed by atoms with Crippen molar-refractivity contribution in [2.24, 2.45) is 0 Å². The second-order valence-electron chi connectivity index (χ2n) is 4.72. The fourth-order valence-corrected chi connectivity index (χ4v) is 2.76. The van der Waals surface area contributed by atoms with Crippen molar-refractivity contribution in [1.29, 1.82) is 0 Å². The Morgan fingerprint density at radius 2 is 2.31 bits per heavy atom. The Hall–Kier alpha value is -1.36. The molecule has 0 aliphatic carbocycles. The highest BCUT2D eigenvalue weighted by atomic mass is 16.4. The van der Waals surface area contributed by atoms with Crippen LogP contribution in [0, 0.1) is 0 Å². The third-order valence-electron chi connectivity index (χ3n) is 3.51. The van der Waals surface area contributed by atoms with Crippen LogP contribution in [0.3, 0.4) is 0 Å². The summed E-state index contributed by atoms with van der Waals surface area (Å²) in [4.78, 5) is 17.9. The van der Waals surface area contributed by atoms with Gasteiger partial charge in [-0.1, -0.05) is 0 Å². The number of rotatable bonds is 1. The number of hydrogen-bond donors (Lipinski definition) is 1. The number of fused-ring (bicyclic) bond motifs is 3. The van der Waals surface area contributed by atoms with E-state index in [1.165, 1.54) is 5.69 Å². The largest absolute Gasteiger partial charge is 0.481 e. The van der Waals surface area contributed by atoms with Crippen LogP contribution in [-0.2, 0) is 24.4 Å². The van der Waals surface area contributed by atoms with E-state index in [4.69, 9.17) is 5.11 Å². The summed E-state index contributed by atoms with van der Waals surface area (Å²) in [6.45, 7) is 2.67. The van der Waals surface area contributed by atoms with Gasteiger partial charge in [-0.2, -0.15) is 0 Å². The van der Waals surface area contributed by atoms with E-state index in [1.54, 1.807) is 0 Å². The average Bonchev–Trinajstić information content (AvgIpc) is 2.72. The van der Waals surface area contributed by atoms with Crippen molar-refractivity contribution in [3.63, 3.8) is 0 Å². The van der Waals surface area contributed by atoms with E-state index in [1.807, 2.05) is 0 Å². The number of nitrogens with zero attached hydrogens (tertiary/aromatic N) is 3. The number of aromatic nitrogens is 2. The fraction of sp³-hybridized carbons (Fsp3) is 0.636. The van der Waals surface area contributed by atoms with E-state index >= 15 is 0 Å². The number of carbonyl (C=O) groups is 1. The summed E-state index contributed by atoms with van der Waals surface area (Å²) in [5.41, 5.74) is 2.30. The second-order valence-corrected chi connectivity index (χ2v) is 4.72. The molecule has 3 rings (SSSR count). The van der Waals surface area contributed by atoms with Gasteiger partial charge in [0.25, 0.3) is 0 Å². The van der Waals surface area contributed by atoms with Crippen molar-refractivity contribution in [1.82, 2.24) is 14.5 Å². The predicted molar refractivity (Wildman–Crippen MR) is 57.0 cm³/mol. The Morgan fingerprint density at radius 3 is 3.06 bits per heavy atom. The fourth-order valence-electron chi connectivity index (χ4n) is 2.76. The lowest BCUT2D eigenvalue weighted by atomic mass is 9.99. The molecule has 0 fully saturated rings. The molecule has 0 bridgehead atoms. The monoisotopic (exact) mass is 221 g/mol. The van der Waals surface area contributed by atoms with E-state index in [2.05, 4.69) is 21.5 Å². The van der Waals surface area contributed by atoms with E-state index in [0.29, 0.717) is 0 Å². The van der Waals surface area contributed by atoms with Gasteiger partial charge < -0.3 is 9.67 Å². The van der Waals surface area contributed by atoms with Crippen molar-refractivity contribution in [2.75, 3.05) is 7.05 Å². The highest BCUT2D eigenvalue weighted by molar-refractivity contribution is 5.75. The van der Waals surface area contributed by atoms with Gasteiger partial charge in [0.15, 0.2) is 0 Å². The second kappa shape index (κ2) is 3.31. The minimum atomic E-state index is -0.738. The van der Waals surface area contributed by atoms with Crippen molar-refractivity contribution < 1.29 is 9.90 Å². The Labute approximate surface area is 93.7 Å². The first-order valence-corrected chi connectivity index (χ1v) is 5.66. The minimum Gasteiger partial charge on any atom is -0.481 e. The van der Waals surface area contributed by atoms with Gasteiger partial charge in [-0.3, -0.25) is 9.69 Å². The molecule has 0 radical (unpaired) electrons. The number of hydrogen-bond acceptors (Lipinski definition) is 3. The SMILES string of the molecule is CN1Cc2nc3n(c2C1)CCCC3C(=O)O. The predicted octanol–water partition coefficient (Wildman–Crippen LogP) is 0.791. The number of imidazole rings is 1. The molecule has 16 heavy (non-hydrogen) atoms. The topological polar surface area (TPSA) is 58.4 Å².